The first-order valence-corrected chi connectivity index (χ1v) is 10.2. The van der Waals surface area contributed by atoms with Crippen LogP contribution in [0.15, 0.2) is 24.3 Å². The highest BCUT2D eigenvalue weighted by atomic mass is 32.2. The molecule has 1 amide bonds. The van der Waals surface area contributed by atoms with Crippen LogP contribution in [0.4, 0.5) is 4.39 Å². The van der Waals surface area contributed by atoms with E-state index >= 15 is 0 Å². The van der Waals surface area contributed by atoms with Gasteiger partial charge in [-0.3, -0.25) is 4.79 Å². The predicted octanol–water partition coefficient (Wildman–Crippen LogP) is 1.70. The first-order valence-electron chi connectivity index (χ1n) is 8.78. The number of rotatable bonds is 3. The third-order valence-electron chi connectivity index (χ3n) is 4.82. The second-order valence-electron chi connectivity index (χ2n) is 6.52. The van der Waals surface area contributed by atoms with Crippen LogP contribution in [0.2, 0.25) is 0 Å². The van der Waals surface area contributed by atoms with Crippen molar-refractivity contribution in [3.8, 4) is 0 Å². The highest BCUT2D eigenvalue weighted by Gasteiger charge is 2.33. The second kappa shape index (κ2) is 7.80. The van der Waals surface area contributed by atoms with E-state index in [2.05, 4.69) is 0 Å². The molecule has 0 N–H and O–H groups in total. The minimum atomic E-state index is -3.46. The zero-order valence-corrected chi connectivity index (χ0v) is 15.0. The zero-order chi connectivity index (χ0) is 17.9. The van der Waals surface area contributed by atoms with E-state index in [-0.39, 0.29) is 19.0 Å². The number of hydrogen-bond donors (Lipinski definition) is 0. The van der Waals surface area contributed by atoms with Gasteiger partial charge in [-0.15, -0.1) is 0 Å². The summed E-state index contributed by atoms with van der Waals surface area (Å²) in [5, 5.41) is 0. The maximum Gasteiger partial charge on any atom is 0.282 e. The highest BCUT2D eigenvalue weighted by molar-refractivity contribution is 7.86. The Balaban J connectivity index is 1.62. The van der Waals surface area contributed by atoms with Gasteiger partial charge in [-0.2, -0.15) is 17.0 Å². The van der Waals surface area contributed by atoms with E-state index in [1.165, 1.54) is 22.5 Å². The van der Waals surface area contributed by atoms with Crippen LogP contribution in [0.3, 0.4) is 0 Å². The molecule has 2 aliphatic heterocycles. The molecule has 2 aliphatic rings. The standard InChI is InChI=1S/C17H24FN3O3S/c18-16-7-5-6-15(14-16)17(22)19-10-12-21(13-11-19)25(23,24)20-8-3-1-2-4-9-20/h5-7,14H,1-4,8-13H2. The number of hydrogen-bond acceptors (Lipinski definition) is 3. The average molecular weight is 369 g/mol. The molecule has 0 radical (unpaired) electrons. The van der Waals surface area contributed by atoms with Gasteiger partial charge in [-0.25, -0.2) is 4.39 Å². The Labute approximate surface area is 148 Å². The van der Waals surface area contributed by atoms with Crippen LogP contribution in [0.1, 0.15) is 36.0 Å². The lowest BCUT2D eigenvalue weighted by atomic mass is 10.2. The number of carbonyl (C=O) groups is 1. The summed E-state index contributed by atoms with van der Waals surface area (Å²) >= 11 is 0. The van der Waals surface area contributed by atoms with E-state index in [9.17, 15) is 17.6 Å². The summed E-state index contributed by atoms with van der Waals surface area (Å²) in [7, 11) is -3.46. The van der Waals surface area contributed by atoms with Crippen LogP contribution in [0.25, 0.3) is 0 Å². The van der Waals surface area contributed by atoms with Crippen LogP contribution in [0, 0.1) is 5.82 Å². The molecule has 8 heteroatoms. The lowest BCUT2D eigenvalue weighted by Crippen LogP contribution is -2.54. The molecule has 2 saturated heterocycles. The summed E-state index contributed by atoms with van der Waals surface area (Å²) in [5.41, 5.74) is 0.295. The van der Waals surface area contributed by atoms with Gasteiger partial charge < -0.3 is 4.90 Å². The number of amides is 1. The molecule has 3 rings (SSSR count). The molecule has 25 heavy (non-hydrogen) atoms. The number of carbonyl (C=O) groups excluding carboxylic acids is 1. The fraction of sp³-hybridized carbons (Fsp3) is 0.588. The Kier molecular flexibility index (Phi) is 5.71. The van der Waals surface area contributed by atoms with Gasteiger partial charge in [0.2, 0.25) is 0 Å². The van der Waals surface area contributed by atoms with Crippen molar-refractivity contribution in [3.05, 3.63) is 35.6 Å². The van der Waals surface area contributed by atoms with E-state index < -0.39 is 16.0 Å². The van der Waals surface area contributed by atoms with Gasteiger partial charge in [-0.1, -0.05) is 18.9 Å². The van der Waals surface area contributed by atoms with E-state index in [4.69, 9.17) is 0 Å². The molecule has 0 spiro atoms. The summed E-state index contributed by atoms with van der Waals surface area (Å²) < 4.78 is 41.9. The molecule has 0 aromatic heterocycles. The molecular weight excluding hydrogens is 345 g/mol. The quantitative estimate of drug-likeness (QED) is 0.815. The molecule has 1 aromatic carbocycles. The average Bonchev–Trinajstić information content (AvgIpc) is 2.91. The molecule has 6 nitrogen and oxygen atoms in total. The first kappa shape index (κ1) is 18.3. The first-order chi connectivity index (χ1) is 12.0. The summed E-state index contributed by atoms with van der Waals surface area (Å²) in [5.74, 6) is -0.709. The normalized spacial score (nSPS) is 21.1. The predicted molar refractivity (Wildman–Crippen MR) is 92.8 cm³/mol. The van der Waals surface area contributed by atoms with Crippen molar-refractivity contribution in [2.24, 2.45) is 0 Å². The Hall–Kier alpha value is -1.51. The van der Waals surface area contributed by atoms with Gasteiger partial charge in [0.15, 0.2) is 0 Å². The van der Waals surface area contributed by atoms with Crippen molar-refractivity contribution in [3.63, 3.8) is 0 Å². The largest absolute Gasteiger partial charge is 0.336 e. The second-order valence-corrected chi connectivity index (χ2v) is 8.45. The Morgan fingerprint density at radius 2 is 1.48 bits per heavy atom. The monoisotopic (exact) mass is 369 g/mol. The van der Waals surface area contributed by atoms with E-state index in [0.29, 0.717) is 31.7 Å². The molecule has 0 aliphatic carbocycles. The molecule has 2 heterocycles. The maximum absolute atomic E-state index is 13.3. The van der Waals surface area contributed by atoms with Crippen LogP contribution in [-0.2, 0) is 10.2 Å². The molecule has 0 atom stereocenters. The van der Waals surface area contributed by atoms with Crippen molar-refractivity contribution in [1.82, 2.24) is 13.5 Å². The lowest BCUT2D eigenvalue weighted by molar-refractivity contribution is 0.0693. The summed E-state index contributed by atoms with van der Waals surface area (Å²) in [4.78, 5) is 14.0. The maximum atomic E-state index is 13.3. The summed E-state index contributed by atoms with van der Waals surface area (Å²) in [6, 6.07) is 5.58. The van der Waals surface area contributed by atoms with Crippen molar-refractivity contribution in [2.75, 3.05) is 39.3 Å². The van der Waals surface area contributed by atoms with Crippen LogP contribution in [0.5, 0.6) is 0 Å². The van der Waals surface area contributed by atoms with E-state index in [1.807, 2.05) is 0 Å². The topological polar surface area (TPSA) is 60.9 Å². The number of halogens is 1. The molecule has 1 aromatic rings. The molecule has 138 valence electrons. The number of nitrogens with zero attached hydrogens (tertiary/aromatic N) is 3. The molecule has 0 saturated carbocycles. The third-order valence-corrected chi connectivity index (χ3v) is 6.85. The van der Waals surface area contributed by atoms with Crippen molar-refractivity contribution < 1.29 is 17.6 Å². The number of benzene rings is 1. The van der Waals surface area contributed by atoms with Gasteiger partial charge in [0.1, 0.15) is 5.82 Å². The fourth-order valence-corrected chi connectivity index (χ4v) is 5.03. The van der Waals surface area contributed by atoms with Crippen molar-refractivity contribution >= 4 is 16.1 Å². The van der Waals surface area contributed by atoms with Gasteiger partial charge in [0.25, 0.3) is 16.1 Å². The van der Waals surface area contributed by atoms with Crippen LogP contribution < -0.4 is 0 Å². The molecule has 0 unspecified atom stereocenters. The van der Waals surface area contributed by atoms with Gasteiger partial charge in [0, 0.05) is 44.8 Å². The number of piperazine rings is 1. The van der Waals surface area contributed by atoms with Crippen molar-refractivity contribution in [1.29, 1.82) is 0 Å². The van der Waals surface area contributed by atoms with Gasteiger partial charge >= 0.3 is 0 Å². The minimum absolute atomic E-state index is 0.258. The molecule has 0 bridgehead atoms. The van der Waals surface area contributed by atoms with Gasteiger partial charge in [0.05, 0.1) is 0 Å². The van der Waals surface area contributed by atoms with E-state index in [1.54, 1.807) is 15.3 Å². The summed E-state index contributed by atoms with van der Waals surface area (Å²) in [6.45, 7) is 2.35. The van der Waals surface area contributed by atoms with E-state index in [0.717, 1.165) is 25.7 Å². The Bertz CT molecular complexity index is 710. The fourth-order valence-electron chi connectivity index (χ4n) is 3.36. The Morgan fingerprint density at radius 1 is 0.880 bits per heavy atom. The zero-order valence-electron chi connectivity index (χ0n) is 14.2. The molecule has 2 fully saturated rings. The van der Waals surface area contributed by atoms with Crippen LogP contribution >= 0.6 is 0 Å². The lowest BCUT2D eigenvalue weighted by Gasteiger charge is -2.36. The highest BCUT2D eigenvalue weighted by Crippen LogP contribution is 2.18. The minimum Gasteiger partial charge on any atom is -0.336 e. The van der Waals surface area contributed by atoms with Gasteiger partial charge in [-0.05, 0) is 31.0 Å². The summed E-state index contributed by atoms with van der Waals surface area (Å²) in [6.07, 6.45) is 3.94. The Morgan fingerprint density at radius 3 is 2.08 bits per heavy atom. The smallest absolute Gasteiger partial charge is 0.282 e. The van der Waals surface area contributed by atoms with Crippen LogP contribution in [-0.4, -0.2) is 67.1 Å². The molecular formula is C17H24FN3O3S. The SMILES string of the molecule is O=C(c1cccc(F)c1)N1CCN(S(=O)(=O)N2CCCCCC2)CC1. The third kappa shape index (κ3) is 4.19. The van der Waals surface area contributed by atoms with Crippen molar-refractivity contribution in [2.45, 2.75) is 25.7 Å².